The molecule has 1 aliphatic rings. The molecule has 2 heteroatoms. The number of nitrogens with two attached hydrogens (primary N) is 1. The molecule has 0 radical (unpaired) electrons. The first-order valence-corrected chi connectivity index (χ1v) is 6.01. The molecule has 0 bridgehead atoms. The Morgan fingerprint density at radius 3 is 2.69 bits per heavy atom. The second-order valence-electron chi connectivity index (χ2n) is 4.47. The topological polar surface area (TPSA) is 29.3 Å². The van der Waals surface area contributed by atoms with Gasteiger partial charge >= 0.3 is 0 Å². The Morgan fingerprint density at radius 1 is 1.19 bits per heavy atom. The number of hydrogen-bond donors (Lipinski definition) is 1. The van der Waals surface area contributed by atoms with Gasteiger partial charge in [0.15, 0.2) is 0 Å². The summed E-state index contributed by atoms with van der Waals surface area (Å²) in [6.07, 6.45) is 6.62. The van der Waals surface area contributed by atoms with Crippen molar-refractivity contribution in [3.63, 3.8) is 0 Å². The van der Waals surface area contributed by atoms with Crippen molar-refractivity contribution in [2.75, 3.05) is 19.6 Å². The number of nitrogens with zero attached hydrogens (tertiary/aromatic N) is 1. The Hall–Kier alpha value is -1.12. The van der Waals surface area contributed by atoms with Crippen LogP contribution in [0.1, 0.15) is 12.0 Å². The third kappa shape index (κ3) is 3.47. The van der Waals surface area contributed by atoms with Gasteiger partial charge in [0.25, 0.3) is 0 Å². The van der Waals surface area contributed by atoms with Crippen LogP contribution in [0.15, 0.2) is 42.5 Å². The van der Waals surface area contributed by atoms with Gasteiger partial charge in [-0.1, -0.05) is 42.5 Å². The van der Waals surface area contributed by atoms with Crippen LogP contribution in [-0.4, -0.2) is 30.6 Å². The molecule has 0 spiro atoms. The summed E-state index contributed by atoms with van der Waals surface area (Å²) in [7, 11) is 0. The van der Waals surface area contributed by atoms with E-state index in [0.29, 0.717) is 0 Å². The van der Waals surface area contributed by atoms with Crippen molar-refractivity contribution in [1.82, 2.24) is 4.90 Å². The molecule has 0 aromatic heterocycles. The van der Waals surface area contributed by atoms with Gasteiger partial charge < -0.3 is 5.73 Å². The molecule has 86 valence electrons. The summed E-state index contributed by atoms with van der Waals surface area (Å²) in [6.45, 7) is 3.21. The minimum atomic E-state index is 0.244. The maximum absolute atomic E-state index is 6.17. The average Bonchev–Trinajstić information content (AvgIpc) is 2.31. The van der Waals surface area contributed by atoms with Crippen LogP contribution in [-0.2, 0) is 6.42 Å². The van der Waals surface area contributed by atoms with Gasteiger partial charge in [-0.15, -0.1) is 0 Å². The van der Waals surface area contributed by atoms with Gasteiger partial charge in [0.2, 0.25) is 0 Å². The average molecular weight is 216 g/mol. The normalized spacial score (nSPS) is 18.6. The van der Waals surface area contributed by atoms with Gasteiger partial charge in [-0.25, -0.2) is 0 Å². The highest BCUT2D eigenvalue weighted by Gasteiger charge is 2.11. The van der Waals surface area contributed by atoms with Crippen LogP contribution >= 0.6 is 0 Å². The molecule has 0 fully saturated rings. The fourth-order valence-electron chi connectivity index (χ4n) is 2.17. The van der Waals surface area contributed by atoms with Gasteiger partial charge in [-0.2, -0.15) is 0 Å². The molecule has 1 atom stereocenters. The summed E-state index contributed by atoms with van der Waals surface area (Å²) in [4.78, 5) is 2.42. The highest BCUT2D eigenvalue weighted by atomic mass is 15.1. The summed E-state index contributed by atoms with van der Waals surface area (Å²) in [5.74, 6) is 0. The van der Waals surface area contributed by atoms with Crippen LogP contribution in [0.3, 0.4) is 0 Å². The fourth-order valence-corrected chi connectivity index (χ4v) is 2.17. The highest BCUT2D eigenvalue weighted by molar-refractivity contribution is 5.15. The van der Waals surface area contributed by atoms with Crippen molar-refractivity contribution in [2.24, 2.45) is 5.73 Å². The van der Waals surface area contributed by atoms with E-state index < -0.39 is 0 Å². The standard InChI is InChI=1S/C14H20N2/c15-14(11-13-7-3-1-4-8-13)12-16-9-5-2-6-10-16/h1-5,7-8,14H,6,9-12,15H2. The highest BCUT2D eigenvalue weighted by Crippen LogP contribution is 2.06. The Kier molecular flexibility index (Phi) is 4.14. The van der Waals surface area contributed by atoms with Crippen molar-refractivity contribution >= 4 is 0 Å². The zero-order chi connectivity index (χ0) is 11.2. The van der Waals surface area contributed by atoms with Gasteiger partial charge in [0, 0.05) is 25.7 Å². The minimum Gasteiger partial charge on any atom is -0.326 e. The second-order valence-corrected chi connectivity index (χ2v) is 4.47. The number of rotatable bonds is 4. The molecule has 0 amide bonds. The monoisotopic (exact) mass is 216 g/mol. The van der Waals surface area contributed by atoms with E-state index in [1.807, 2.05) is 6.07 Å². The molecule has 0 aliphatic carbocycles. The molecule has 0 saturated heterocycles. The maximum Gasteiger partial charge on any atom is 0.0208 e. The summed E-state index contributed by atoms with van der Waals surface area (Å²) in [6, 6.07) is 10.7. The van der Waals surface area contributed by atoms with Crippen LogP contribution in [0.5, 0.6) is 0 Å². The first-order valence-electron chi connectivity index (χ1n) is 6.01. The van der Waals surface area contributed by atoms with E-state index in [4.69, 9.17) is 5.73 Å². The van der Waals surface area contributed by atoms with Crippen molar-refractivity contribution in [3.05, 3.63) is 48.0 Å². The van der Waals surface area contributed by atoms with E-state index in [9.17, 15) is 0 Å². The van der Waals surface area contributed by atoms with Gasteiger partial charge in [0.1, 0.15) is 0 Å². The van der Waals surface area contributed by atoms with Crippen LogP contribution in [0.25, 0.3) is 0 Å². The van der Waals surface area contributed by atoms with E-state index in [0.717, 1.165) is 32.5 Å². The van der Waals surface area contributed by atoms with E-state index in [1.165, 1.54) is 5.56 Å². The van der Waals surface area contributed by atoms with E-state index in [2.05, 4.69) is 41.3 Å². The lowest BCUT2D eigenvalue weighted by Crippen LogP contribution is -2.40. The third-order valence-corrected chi connectivity index (χ3v) is 2.98. The maximum atomic E-state index is 6.17. The predicted octanol–water partition coefficient (Wildman–Crippen LogP) is 1.82. The first kappa shape index (κ1) is 11.4. The number of benzene rings is 1. The van der Waals surface area contributed by atoms with Crippen molar-refractivity contribution < 1.29 is 0 Å². The van der Waals surface area contributed by atoms with Crippen LogP contribution in [0.4, 0.5) is 0 Å². The molecular formula is C14H20N2. The minimum absolute atomic E-state index is 0.244. The summed E-state index contributed by atoms with van der Waals surface area (Å²) < 4.78 is 0. The first-order chi connectivity index (χ1) is 7.84. The molecule has 1 unspecified atom stereocenters. The van der Waals surface area contributed by atoms with Crippen molar-refractivity contribution in [1.29, 1.82) is 0 Å². The van der Waals surface area contributed by atoms with Gasteiger partial charge in [-0.05, 0) is 18.4 Å². The van der Waals surface area contributed by atoms with Crippen LogP contribution in [0, 0.1) is 0 Å². The van der Waals surface area contributed by atoms with E-state index in [-0.39, 0.29) is 6.04 Å². The number of hydrogen-bond acceptors (Lipinski definition) is 2. The predicted molar refractivity (Wildman–Crippen MR) is 68.3 cm³/mol. The molecule has 2 N–H and O–H groups in total. The Morgan fingerprint density at radius 2 is 2.00 bits per heavy atom. The second kappa shape index (κ2) is 5.83. The lowest BCUT2D eigenvalue weighted by molar-refractivity contribution is 0.278. The zero-order valence-electron chi connectivity index (χ0n) is 9.68. The Labute approximate surface area is 97.8 Å². The molecule has 2 rings (SSSR count). The molecule has 2 nitrogen and oxygen atoms in total. The molecule has 1 aromatic carbocycles. The van der Waals surface area contributed by atoms with E-state index >= 15 is 0 Å². The largest absolute Gasteiger partial charge is 0.326 e. The summed E-state index contributed by atoms with van der Waals surface area (Å²) >= 11 is 0. The quantitative estimate of drug-likeness (QED) is 0.778. The summed E-state index contributed by atoms with van der Waals surface area (Å²) in [5, 5.41) is 0. The van der Waals surface area contributed by atoms with Gasteiger partial charge in [0.05, 0.1) is 0 Å². The molecule has 0 saturated carbocycles. The molecule has 1 aliphatic heterocycles. The lowest BCUT2D eigenvalue weighted by atomic mass is 10.1. The van der Waals surface area contributed by atoms with Crippen LogP contribution in [0.2, 0.25) is 0 Å². The fraction of sp³-hybridized carbons (Fsp3) is 0.429. The SMILES string of the molecule is NC(Cc1ccccc1)CN1CC=CCC1. The summed E-state index contributed by atoms with van der Waals surface area (Å²) in [5.41, 5.74) is 7.51. The Balaban J connectivity index is 1.80. The molecule has 1 aromatic rings. The Bertz CT molecular complexity index is 332. The zero-order valence-corrected chi connectivity index (χ0v) is 9.68. The van der Waals surface area contributed by atoms with Gasteiger partial charge in [-0.3, -0.25) is 4.90 Å². The van der Waals surface area contributed by atoms with Crippen molar-refractivity contribution in [3.8, 4) is 0 Å². The van der Waals surface area contributed by atoms with E-state index in [1.54, 1.807) is 0 Å². The smallest absolute Gasteiger partial charge is 0.0208 e. The molecule has 16 heavy (non-hydrogen) atoms. The molecule has 1 heterocycles. The lowest BCUT2D eigenvalue weighted by Gasteiger charge is -2.26. The van der Waals surface area contributed by atoms with Crippen molar-refractivity contribution in [2.45, 2.75) is 18.9 Å². The van der Waals surface area contributed by atoms with Crippen LogP contribution < -0.4 is 5.73 Å². The third-order valence-electron chi connectivity index (χ3n) is 2.98. The molecular weight excluding hydrogens is 196 g/mol.